The number of amides is 1. The molecule has 0 saturated heterocycles. The lowest BCUT2D eigenvalue weighted by atomic mass is 10.2. The van der Waals surface area contributed by atoms with E-state index in [0.717, 1.165) is 26.9 Å². The summed E-state index contributed by atoms with van der Waals surface area (Å²) in [6.45, 7) is 2.33. The van der Waals surface area contributed by atoms with Gasteiger partial charge in [0, 0.05) is 11.4 Å². The van der Waals surface area contributed by atoms with Crippen molar-refractivity contribution in [3.63, 3.8) is 0 Å². The van der Waals surface area contributed by atoms with Gasteiger partial charge in [-0.15, -0.1) is 11.3 Å². The van der Waals surface area contributed by atoms with Crippen LogP contribution in [0.5, 0.6) is 0 Å². The number of fused-ring (bicyclic) bond motifs is 1. The third-order valence-corrected chi connectivity index (χ3v) is 6.19. The summed E-state index contributed by atoms with van der Waals surface area (Å²) in [5.74, 6) is -0.205. The number of nitrogens with one attached hydrogen (secondary N) is 2. The Labute approximate surface area is 154 Å². The van der Waals surface area contributed by atoms with Gasteiger partial charge < -0.3 is 0 Å². The van der Waals surface area contributed by atoms with E-state index in [0.29, 0.717) is 23.0 Å². The third-order valence-electron chi connectivity index (χ3n) is 3.39. The van der Waals surface area contributed by atoms with Gasteiger partial charge in [0.15, 0.2) is 5.13 Å². The number of sulfonamides is 1. The molecule has 6 nitrogen and oxygen atoms in total. The second-order valence-electron chi connectivity index (χ2n) is 5.63. The number of carbonyl (C=O) groups is 1. The summed E-state index contributed by atoms with van der Waals surface area (Å²) in [6, 6.07) is 9.55. The van der Waals surface area contributed by atoms with Crippen LogP contribution in [-0.4, -0.2) is 32.1 Å². The fourth-order valence-corrected chi connectivity index (χ4v) is 4.57. The van der Waals surface area contributed by atoms with Gasteiger partial charge >= 0.3 is 0 Å². The van der Waals surface area contributed by atoms with Gasteiger partial charge in [0.2, 0.25) is 10.0 Å². The first kappa shape index (κ1) is 18.0. The number of hydrogen-bond acceptors (Lipinski definition) is 6. The van der Waals surface area contributed by atoms with Gasteiger partial charge in [0.25, 0.3) is 5.91 Å². The molecule has 0 radical (unpaired) electrons. The summed E-state index contributed by atoms with van der Waals surface area (Å²) in [5, 5.41) is 3.40. The number of thiophene rings is 1. The highest BCUT2D eigenvalue weighted by atomic mass is 32.2. The fourth-order valence-electron chi connectivity index (χ4n) is 2.24. The largest absolute Gasteiger partial charge is 0.297 e. The van der Waals surface area contributed by atoms with Gasteiger partial charge in [-0.3, -0.25) is 10.1 Å². The summed E-state index contributed by atoms with van der Waals surface area (Å²) in [5.41, 5.74) is 2.02. The normalized spacial score (nSPS) is 11.8. The highest BCUT2D eigenvalue weighted by Gasteiger charge is 2.13. The maximum atomic E-state index is 12.4. The molecule has 0 atom stereocenters. The molecule has 9 heteroatoms. The molecule has 1 aromatic carbocycles. The van der Waals surface area contributed by atoms with E-state index >= 15 is 0 Å². The maximum Gasteiger partial charge on any atom is 0.267 e. The molecular weight excluding hydrogens is 378 g/mol. The maximum absolute atomic E-state index is 12.4. The molecule has 3 aromatic rings. The average molecular weight is 396 g/mol. The van der Waals surface area contributed by atoms with Crippen molar-refractivity contribution in [2.24, 2.45) is 0 Å². The molecule has 0 aliphatic rings. The Morgan fingerprint density at radius 3 is 2.76 bits per heavy atom. The zero-order chi connectivity index (χ0) is 18.0. The van der Waals surface area contributed by atoms with Gasteiger partial charge in [-0.05, 0) is 43.2 Å². The van der Waals surface area contributed by atoms with Crippen molar-refractivity contribution in [2.75, 3.05) is 18.1 Å². The van der Waals surface area contributed by atoms with Crippen LogP contribution in [-0.2, 0) is 16.4 Å². The average Bonchev–Trinajstić information content (AvgIpc) is 3.12. The Balaban J connectivity index is 1.64. The van der Waals surface area contributed by atoms with Crippen LogP contribution in [0.4, 0.5) is 5.13 Å². The van der Waals surface area contributed by atoms with Gasteiger partial charge in [-0.25, -0.2) is 18.1 Å². The van der Waals surface area contributed by atoms with Crippen LogP contribution in [0.2, 0.25) is 0 Å². The number of anilines is 1. The molecular formula is C16H17N3O3S3. The molecule has 2 aromatic heterocycles. The lowest BCUT2D eigenvalue weighted by Gasteiger charge is -2.00. The number of benzene rings is 1. The molecule has 2 heterocycles. The number of rotatable bonds is 6. The minimum atomic E-state index is -3.19. The van der Waals surface area contributed by atoms with E-state index in [-0.39, 0.29) is 5.91 Å². The first-order valence-electron chi connectivity index (χ1n) is 7.52. The number of nitrogens with zero attached hydrogens (tertiary/aromatic N) is 1. The molecule has 0 saturated carbocycles. The molecule has 2 N–H and O–H groups in total. The van der Waals surface area contributed by atoms with Crippen LogP contribution in [0.15, 0.2) is 30.3 Å². The minimum Gasteiger partial charge on any atom is -0.297 e. The topological polar surface area (TPSA) is 88.2 Å². The fraction of sp³-hybridized carbons (Fsp3) is 0.250. The van der Waals surface area contributed by atoms with Crippen LogP contribution < -0.4 is 10.0 Å². The standard InChI is InChI=1S/C16H17N3O3S3/c1-10-3-5-12-14(9-10)24-16(18-12)19-15(20)13-6-4-11(23-13)7-8-17-25(2,21)22/h3-6,9,17H,7-8H2,1-2H3,(H,18,19,20). The number of aryl methyl sites for hydroxylation is 1. The van der Waals surface area contributed by atoms with Crippen molar-refractivity contribution in [1.29, 1.82) is 0 Å². The Morgan fingerprint density at radius 1 is 1.20 bits per heavy atom. The van der Waals surface area contributed by atoms with E-state index in [4.69, 9.17) is 0 Å². The molecule has 132 valence electrons. The van der Waals surface area contributed by atoms with Crippen LogP contribution in [0, 0.1) is 6.92 Å². The Morgan fingerprint density at radius 2 is 2.00 bits per heavy atom. The van der Waals surface area contributed by atoms with Crippen molar-refractivity contribution in [3.8, 4) is 0 Å². The highest BCUT2D eigenvalue weighted by Crippen LogP contribution is 2.27. The van der Waals surface area contributed by atoms with E-state index in [9.17, 15) is 13.2 Å². The molecule has 0 spiro atoms. The first-order valence-corrected chi connectivity index (χ1v) is 11.0. The zero-order valence-electron chi connectivity index (χ0n) is 13.7. The monoisotopic (exact) mass is 395 g/mol. The molecule has 0 aliphatic heterocycles. The second-order valence-corrected chi connectivity index (χ2v) is 9.66. The van der Waals surface area contributed by atoms with Crippen molar-refractivity contribution in [2.45, 2.75) is 13.3 Å². The van der Waals surface area contributed by atoms with E-state index in [1.54, 1.807) is 6.07 Å². The molecule has 0 bridgehead atoms. The SMILES string of the molecule is Cc1ccc2nc(NC(=O)c3ccc(CCNS(C)(=O)=O)s3)sc2c1. The molecule has 0 fully saturated rings. The molecule has 3 rings (SSSR count). The predicted molar refractivity (Wildman–Crippen MR) is 103 cm³/mol. The number of carbonyl (C=O) groups excluding carboxylic acids is 1. The molecule has 0 unspecified atom stereocenters. The number of aromatic nitrogens is 1. The lowest BCUT2D eigenvalue weighted by molar-refractivity contribution is 0.103. The summed E-state index contributed by atoms with van der Waals surface area (Å²) in [6.07, 6.45) is 1.67. The number of hydrogen-bond donors (Lipinski definition) is 2. The van der Waals surface area contributed by atoms with E-state index in [1.807, 2.05) is 31.2 Å². The predicted octanol–water partition coefficient (Wildman–Crippen LogP) is 3.01. The van der Waals surface area contributed by atoms with Gasteiger partial charge in [-0.2, -0.15) is 0 Å². The quantitative estimate of drug-likeness (QED) is 0.671. The molecule has 1 amide bonds. The van der Waals surface area contributed by atoms with Gasteiger partial charge in [-0.1, -0.05) is 17.4 Å². The summed E-state index contributed by atoms with van der Waals surface area (Å²) in [4.78, 5) is 18.3. The van der Waals surface area contributed by atoms with Gasteiger partial charge in [0.05, 0.1) is 21.3 Å². The van der Waals surface area contributed by atoms with E-state index < -0.39 is 10.0 Å². The Bertz CT molecular complexity index is 1020. The summed E-state index contributed by atoms with van der Waals surface area (Å²) < 4.78 is 25.6. The first-order chi connectivity index (χ1) is 11.8. The Hall–Kier alpha value is -1.81. The lowest BCUT2D eigenvalue weighted by Crippen LogP contribution is -2.24. The van der Waals surface area contributed by atoms with E-state index in [1.165, 1.54) is 22.7 Å². The molecule has 25 heavy (non-hydrogen) atoms. The van der Waals surface area contributed by atoms with Crippen molar-refractivity contribution in [3.05, 3.63) is 45.6 Å². The van der Waals surface area contributed by atoms with Crippen molar-refractivity contribution < 1.29 is 13.2 Å². The van der Waals surface area contributed by atoms with Crippen LogP contribution in [0.3, 0.4) is 0 Å². The second kappa shape index (κ2) is 7.20. The van der Waals surface area contributed by atoms with Crippen LogP contribution in [0.1, 0.15) is 20.1 Å². The van der Waals surface area contributed by atoms with Crippen molar-refractivity contribution in [1.82, 2.24) is 9.71 Å². The highest BCUT2D eigenvalue weighted by molar-refractivity contribution is 7.88. The van der Waals surface area contributed by atoms with Crippen molar-refractivity contribution >= 4 is 54.0 Å². The smallest absolute Gasteiger partial charge is 0.267 e. The third kappa shape index (κ3) is 4.85. The van der Waals surface area contributed by atoms with Gasteiger partial charge in [0.1, 0.15) is 0 Å². The van der Waals surface area contributed by atoms with Crippen LogP contribution >= 0.6 is 22.7 Å². The Kier molecular flexibility index (Phi) is 5.19. The summed E-state index contributed by atoms with van der Waals surface area (Å²) in [7, 11) is -3.19. The number of thiazole rings is 1. The molecule has 0 aliphatic carbocycles. The minimum absolute atomic E-state index is 0.205. The zero-order valence-corrected chi connectivity index (χ0v) is 16.1. The van der Waals surface area contributed by atoms with Crippen LogP contribution in [0.25, 0.3) is 10.2 Å². The summed E-state index contributed by atoms with van der Waals surface area (Å²) >= 11 is 2.79. The van der Waals surface area contributed by atoms with E-state index in [2.05, 4.69) is 15.0 Å².